The fraction of sp³-hybridized carbons (Fsp3) is 0.188. The first-order chi connectivity index (χ1) is 10.9. The first-order valence-electron chi connectivity index (χ1n) is 6.81. The second-order valence-corrected chi connectivity index (χ2v) is 5.30. The Bertz CT molecular complexity index is 749. The van der Waals surface area contributed by atoms with Gasteiger partial charge in [-0.3, -0.25) is 14.9 Å². The van der Waals surface area contributed by atoms with Gasteiger partial charge in [-0.1, -0.05) is 29.8 Å². The SMILES string of the molecule is COc1cccc(C(=O)N[C@H](C)c2cccc(Cl)c2)c1[N+](=O)[O-]. The summed E-state index contributed by atoms with van der Waals surface area (Å²) in [6.07, 6.45) is 0. The first-order valence-corrected chi connectivity index (χ1v) is 7.19. The van der Waals surface area contributed by atoms with Crippen molar-refractivity contribution < 1.29 is 14.5 Å². The number of nitro benzene ring substituents is 1. The number of ether oxygens (including phenoxy) is 1. The molecule has 1 N–H and O–H groups in total. The number of rotatable bonds is 5. The lowest BCUT2D eigenvalue weighted by molar-refractivity contribution is -0.386. The molecule has 120 valence electrons. The van der Waals surface area contributed by atoms with Gasteiger partial charge in [-0.25, -0.2) is 0 Å². The van der Waals surface area contributed by atoms with Gasteiger partial charge in [0.15, 0.2) is 5.75 Å². The van der Waals surface area contributed by atoms with Gasteiger partial charge in [0.1, 0.15) is 5.56 Å². The standard InChI is InChI=1S/C16H15ClN2O4/c1-10(11-5-3-6-12(17)9-11)18-16(20)13-7-4-8-14(23-2)15(13)19(21)22/h3-10H,1-2H3,(H,18,20)/t10-/m1/s1. The van der Waals surface area contributed by atoms with E-state index >= 15 is 0 Å². The Morgan fingerprint density at radius 1 is 1.30 bits per heavy atom. The van der Waals surface area contributed by atoms with E-state index in [-0.39, 0.29) is 23.0 Å². The predicted molar refractivity (Wildman–Crippen MR) is 87.0 cm³/mol. The molecule has 2 rings (SSSR count). The van der Waals surface area contributed by atoms with Crippen LogP contribution in [0.15, 0.2) is 42.5 Å². The summed E-state index contributed by atoms with van der Waals surface area (Å²) >= 11 is 5.93. The van der Waals surface area contributed by atoms with Crippen LogP contribution in [-0.4, -0.2) is 17.9 Å². The maximum atomic E-state index is 12.4. The molecule has 0 heterocycles. The molecule has 0 bridgehead atoms. The van der Waals surface area contributed by atoms with Gasteiger partial charge in [0.05, 0.1) is 18.1 Å². The minimum atomic E-state index is -0.627. The van der Waals surface area contributed by atoms with E-state index < -0.39 is 10.8 Å². The summed E-state index contributed by atoms with van der Waals surface area (Å²) in [5.74, 6) is -0.513. The topological polar surface area (TPSA) is 81.5 Å². The lowest BCUT2D eigenvalue weighted by Crippen LogP contribution is -2.27. The number of hydrogen-bond acceptors (Lipinski definition) is 4. The highest BCUT2D eigenvalue weighted by atomic mass is 35.5. The Balaban J connectivity index is 2.29. The molecular formula is C16H15ClN2O4. The van der Waals surface area contributed by atoms with Crippen molar-refractivity contribution in [1.29, 1.82) is 0 Å². The highest BCUT2D eigenvalue weighted by molar-refractivity contribution is 6.30. The van der Waals surface area contributed by atoms with Crippen molar-refractivity contribution in [3.8, 4) is 5.75 Å². The van der Waals surface area contributed by atoms with E-state index in [0.29, 0.717) is 5.02 Å². The van der Waals surface area contributed by atoms with Gasteiger partial charge >= 0.3 is 5.69 Å². The van der Waals surface area contributed by atoms with Crippen LogP contribution in [0.1, 0.15) is 28.9 Å². The number of nitrogens with one attached hydrogen (secondary N) is 1. The Kier molecular flexibility index (Phi) is 5.18. The van der Waals surface area contributed by atoms with Crippen LogP contribution in [0, 0.1) is 10.1 Å². The van der Waals surface area contributed by atoms with Crippen LogP contribution in [0.2, 0.25) is 5.02 Å². The minimum Gasteiger partial charge on any atom is -0.490 e. The van der Waals surface area contributed by atoms with Crippen molar-refractivity contribution in [2.45, 2.75) is 13.0 Å². The van der Waals surface area contributed by atoms with Crippen LogP contribution in [-0.2, 0) is 0 Å². The third kappa shape index (κ3) is 3.78. The lowest BCUT2D eigenvalue weighted by Gasteiger charge is -2.15. The summed E-state index contributed by atoms with van der Waals surface area (Å²) < 4.78 is 4.96. The number of halogens is 1. The molecule has 23 heavy (non-hydrogen) atoms. The smallest absolute Gasteiger partial charge is 0.323 e. The fourth-order valence-electron chi connectivity index (χ4n) is 2.19. The third-order valence-electron chi connectivity index (χ3n) is 3.34. The number of methoxy groups -OCH3 is 1. The maximum Gasteiger partial charge on any atom is 0.323 e. The Labute approximate surface area is 138 Å². The molecule has 0 saturated carbocycles. The monoisotopic (exact) mass is 334 g/mol. The average molecular weight is 335 g/mol. The van der Waals surface area contributed by atoms with Gasteiger partial charge in [0.2, 0.25) is 0 Å². The summed E-state index contributed by atoms with van der Waals surface area (Å²) in [7, 11) is 1.32. The van der Waals surface area contributed by atoms with Gasteiger partial charge in [-0.15, -0.1) is 0 Å². The van der Waals surface area contributed by atoms with Gasteiger partial charge in [0, 0.05) is 5.02 Å². The Hall–Kier alpha value is -2.60. The van der Waals surface area contributed by atoms with Crippen molar-refractivity contribution in [2.24, 2.45) is 0 Å². The molecular weight excluding hydrogens is 320 g/mol. The zero-order valence-corrected chi connectivity index (χ0v) is 13.3. The van der Waals surface area contributed by atoms with E-state index in [4.69, 9.17) is 16.3 Å². The van der Waals surface area contributed by atoms with E-state index in [1.165, 1.54) is 25.3 Å². The van der Waals surface area contributed by atoms with Crippen molar-refractivity contribution in [1.82, 2.24) is 5.32 Å². The molecule has 0 radical (unpaired) electrons. The van der Waals surface area contributed by atoms with Crippen molar-refractivity contribution in [3.63, 3.8) is 0 Å². The van der Waals surface area contributed by atoms with Crippen molar-refractivity contribution in [3.05, 3.63) is 68.7 Å². The van der Waals surface area contributed by atoms with Gasteiger partial charge in [-0.2, -0.15) is 0 Å². The quantitative estimate of drug-likeness (QED) is 0.667. The van der Waals surface area contributed by atoms with Crippen LogP contribution < -0.4 is 10.1 Å². The molecule has 2 aromatic carbocycles. The number of amides is 1. The largest absolute Gasteiger partial charge is 0.490 e. The molecule has 6 nitrogen and oxygen atoms in total. The van der Waals surface area contributed by atoms with E-state index in [1.54, 1.807) is 25.1 Å². The van der Waals surface area contributed by atoms with Gasteiger partial charge < -0.3 is 10.1 Å². The number of carbonyl (C=O) groups excluding carboxylic acids is 1. The molecule has 0 unspecified atom stereocenters. The highest BCUT2D eigenvalue weighted by Crippen LogP contribution is 2.31. The fourth-order valence-corrected chi connectivity index (χ4v) is 2.39. The normalized spacial score (nSPS) is 11.6. The van der Waals surface area contributed by atoms with E-state index in [1.807, 2.05) is 6.07 Å². The summed E-state index contributed by atoms with van der Waals surface area (Å²) in [6, 6.07) is 11.1. The molecule has 7 heteroatoms. The first kappa shape index (κ1) is 16.8. The predicted octanol–water partition coefficient (Wildman–Crippen LogP) is 3.75. The van der Waals surface area contributed by atoms with Crippen LogP contribution in [0.3, 0.4) is 0 Å². The molecule has 1 amide bonds. The minimum absolute atomic E-state index is 0.0399. The molecule has 0 spiro atoms. The molecule has 0 fully saturated rings. The number of benzene rings is 2. The molecule has 2 aromatic rings. The summed E-state index contributed by atoms with van der Waals surface area (Å²) in [6.45, 7) is 1.77. The van der Waals surface area contributed by atoms with Gasteiger partial charge in [0.25, 0.3) is 5.91 Å². The van der Waals surface area contributed by atoms with E-state index in [2.05, 4.69) is 5.32 Å². The van der Waals surface area contributed by atoms with Crippen LogP contribution in [0.4, 0.5) is 5.69 Å². The van der Waals surface area contributed by atoms with E-state index in [9.17, 15) is 14.9 Å². The number of hydrogen-bond donors (Lipinski definition) is 1. The molecule has 0 aliphatic carbocycles. The van der Waals surface area contributed by atoms with Crippen LogP contribution >= 0.6 is 11.6 Å². The maximum absolute atomic E-state index is 12.4. The van der Waals surface area contributed by atoms with Crippen LogP contribution in [0.25, 0.3) is 0 Å². The average Bonchev–Trinajstić information content (AvgIpc) is 2.53. The second kappa shape index (κ2) is 7.11. The zero-order chi connectivity index (χ0) is 17.0. The number of nitrogens with zero attached hydrogens (tertiary/aromatic N) is 1. The number of carbonyl (C=O) groups is 1. The zero-order valence-electron chi connectivity index (χ0n) is 12.6. The summed E-state index contributed by atoms with van der Waals surface area (Å²) in [5.41, 5.74) is 0.394. The highest BCUT2D eigenvalue weighted by Gasteiger charge is 2.26. The number of para-hydroxylation sites is 1. The summed E-state index contributed by atoms with van der Waals surface area (Å²) in [5, 5.41) is 14.5. The Morgan fingerprint density at radius 2 is 2.00 bits per heavy atom. The molecule has 0 saturated heterocycles. The van der Waals surface area contributed by atoms with Crippen molar-refractivity contribution >= 4 is 23.2 Å². The second-order valence-electron chi connectivity index (χ2n) is 4.86. The molecule has 1 atom stereocenters. The number of nitro groups is 1. The Morgan fingerprint density at radius 3 is 2.61 bits per heavy atom. The molecule has 0 aromatic heterocycles. The molecule has 0 aliphatic rings. The van der Waals surface area contributed by atoms with Crippen LogP contribution in [0.5, 0.6) is 5.75 Å². The third-order valence-corrected chi connectivity index (χ3v) is 3.58. The van der Waals surface area contributed by atoms with Crippen molar-refractivity contribution in [2.75, 3.05) is 7.11 Å². The van der Waals surface area contributed by atoms with Gasteiger partial charge in [-0.05, 0) is 36.8 Å². The van der Waals surface area contributed by atoms with E-state index in [0.717, 1.165) is 5.56 Å². The molecule has 0 aliphatic heterocycles. The lowest BCUT2D eigenvalue weighted by atomic mass is 10.1. The summed E-state index contributed by atoms with van der Waals surface area (Å²) in [4.78, 5) is 23.0.